The highest BCUT2D eigenvalue weighted by Crippen LogP contribution is 2.22. The van der Waals surface area contributed by atoms with E-state index in [4.69, 9.17) is 4.74 Å². The molecule has 0 amide bonds. The molecule has 1 aromatic rings. The van der Waals surface area contributed by atoms with Crippen LogP contribution in [0.15, 0.2) is 0 Å². The van der Waals surface area contributed by atoms with Gasteiger partial charge in [0.25, 0.3) is 0 Å². The molecule has 2 nitrogen and oxygen atoms in total. The Labute approximate surface area is 174 Å². The molecule has 164 valence electrons. The SMILES string of the molecule is Fc1c(F)c(F)c(C#CCCCCCCCCCCOCCCOS)c(F)c1F. The second-order valence-corrected chi connectivity index (χ2v) is 6.88. The predicted octanol–water partition coefficient (Wildman–Crippen LogP) is 6.51. The fraction of sp³-hybridized carbons (Fsp3) is 0.619. The highest BCUT2D eigenvalue weighted by molar-refractivity contribution is 7.75. The average Bonchev–Trinajstić information content (AvgIpc) is 2.72. The Morgan fingerprint density at radius 2 is 1.07 bits per heavy atom. The first kappa shape index (κ1) is 25.7. The molecule has 0 radical (unpaired) electrons. The summed E-state index contributed by atoms with van der Waals surface area (Å²) in [6, 6.07) is 0. The third kappa shape index (κ3) is 9.83. The molecule has 0 fully saturated rings. The molecule has 0 unspecified atom stereocenters. The van der Waals surface area contributed by atoms with Crippen molar-refractivity contribution in [1.82, 2.24) is 0 Å². The lowest BCUT2D eigenvalue weighted by Gasteiger charge is -2.04. The van der Waals surface area contributed by atoms with Gasteiger partial charge in [-0.1, -0.05) is 50.4 Å². The van der Waals surface area contributed by atoms with E-state index in [2.05, 4.69) is 28.9 Å². The fourth-order valence-electron chi connectivity index (χ4n) is 2.67. The maximum Gasteiger partial charge on any atom is 0.200 e. The van der Waals surface area contributed by atoms with Crippen molar-refractivity contribution < 1.29 is 30.9 Å². The van der Waals surface area contributed by atoms with Crippen LogP contribution in [0.4, 0.5) is 22.0 Å². The Balaban J connectivity index is 2.08. The van der Waals surface area contributed by atoms with Gasteiger partial charge in [0.2, 0.25) is 5.82 Å². The van der Waals surface area contributed by atoms with Gasteiger partial charge in [-0.15, -0.1) is 0 Å². The van der Waals surface area contributed by atoms with E-state index in [9.17, 15) is 22.0 Å². The highest BCUT2D eigenvalue weighted by Gasteiger charge is 2.24. The number of hydrogen-bond acceptors (Lipinski definition) is 3. The van der Waals surface area contributed by atoms with E-state index in [1.807, 2.05) is 0 Å². The van der Waals surface area contributed by atoms with Gasteiger partial charge in [-0.3, -0.25) is 0 Å². The highest BCUT2D eigenvalue weighted by atomic mass is 32.1. The van der Waals surface area contributed by atoms with Crippen molar-refractivity contribution in [3.05, 3.63) is 34.6 Å². The smallest absolute Gasteiger partial charge is 0.200 e. The fourth-order valence-corrected chi connectivity index (χ4v) is 2.80. The van der Waals surface area contributed by atoms with Crippen LogP contribution < -0.4 is 0 Å². The molecule has 0 atom stereocenters. The maximum atomic E-state index is 13.5. The predicted molar refractivity (Wildman–Crippen MR) is 105 cm³/mol. The van der Waals surface area contributed by atoms with Gasteiger partial charge < -0.3 is 8.92 Å². The molecule has 0 aliphatic heterocycles. The summed E-state index contributed by atoms with van der Waals surface area (Å²) in [7, 11) is 0. The lowest BCUT2D eigenvalue weighted by Crippen LogP contribution is -2.04. The van der Waals surface area contributed by atoms with E-state index in [0.29, 0.717) is 26.1 Å². The molecule has 0 aromatic heterocycles. The molecule has 0 N–H and O–H groups in total. The van der Waals surface area contributed by atoms with Crippen LogP contribution in [-0.2, 0) is 8.92 Å². The zero-order valence-electron chi connectivity index (χ0n) is 16.3. The number of rotatable bonds is 14. The van der Waals surface area contributed by atoms with Crippen molar-refractivity contribution in [3.63, 3.8) is 0 Å². The molecule has 0 aliphatic carbocycles. The second kappa shape index (κ2) is 15.5. The largest absolute Gasteiger partial charge is 0.381 e. The summed E-state index contributed by atoms with van der Waals surface area (Å²) in [4.78, 5) is 0. The molecule has 0 saturated heterocycles. The van der Waals surface area contributed by atoms with Crippen LogP contribution in [-0.4, -0.2) is 19.8 Å². The van der Waals surface area contributed by atoms with Gasteiger partial charge in [0.15, 0.2) is 23.3 Å². The van der Waals surface area contributed by atoms with Gasteiger partial charge >= 0.3 is 0 Å². The topological polar surface area (TPSA) is 18.5 Å². The van der Waals surface area contributed by atoms with Gasteiger partial charge in [-0.05, 0) is 32.2 Å². The van der Waals surface area contributed by atoms with Crippen molar-refractivity contribution in [2.75, 3.05) is 19.8 Å². The molecule has 1 aromatic carbocycles. The Morgan fingerprint density at radius 3 is 1.66 bits per heavy atom. The normalized spacial score (nSPS) is 10.8. The summed E-state index contributed by atoms with van der Waals surface area (Å²) in [5, 5.41) is 0. The van der Waals surface area contributed by atoms with E-state index in [-0.39, 0.29) is 0 Å². The number of ether oxygens (including phenoxy) is 1. The second-order valence-electron chi connectivity index (χ2n) is 6.62. The summed E-state index contributed by atoms with van der Waals surface area (Å²) in [6.45, 7) is 2.04. The number of halogens is 5. The number of thiol groups is 1. The zero-order valence-corrected chi connectivity index (χ0v) is 17.2. The van der Waals surface area contributed by atoms with Crippen LogP contribution in [0.1, 0.15) is 69.8 Å². The minimum absolute atomic E-state index is 0.342. The zero-order chi connectivity index (χ0) is 21.5. The van der Waals surface area contributed by atoms with Gasteiger partial charge in [0.1, 0.15) is 5.56 Å². The summed E-state index contributed by atoms with van der Waals surface area (Å²) in [6.07, 6.45) is 9.34. The molecular weight excluding hydrogens is 411 g/mol. The first-order chi connectivity index (χ1) is 14.0. The Kier molecular flexibility index (Phi) is 13.8. The summed E-state index contributed by atoms with van der Waals surface area (Å²) in [5.74, 6) is -5.32. The minimum Gasteiger partial charge on any atom is -0.381 e. The van der Waals surface area contributed by atoms with Crippen LogP contribution in [0.3, 0.4) is 0 Å². The van der Waals surface area contributed by atoms with Gasteiger partial charge in [0.05, 0.1) is 6.61 Å². The van der Waals surface area contributed by atoms with Gasteiger partial charge in [0, 0.05) is 19.6 Å². The molecule has 1 rings (SSSR count). The lowest BCUT2D eigenvalue weighted by atomic mass is 10.1. The van der Waals surface area contributed by atoms with Crippen molar-refractivity contribution in [2.24, 2.45) is 0 Å². The number of unbranched alkanes of at least 4 members (excludes halogenated alkanes) is 8. The third-order valence-electron chi connectivity index (χ3n) is 4.29. The molecule has 0 saturated carbocycles. The van der Waals surface area contributed by atoms with Gasteiger partial charge in [-0.25, -0.2) is 22.0 Å². The van der Waals surface area contributed by atoms with Crippen LogP contribution in [0.5, 0.6) is 0 Å². The summed E-state index contributed by atoms with van der Waals surface area (Å²) >= 11 is 3.65. The monoisotopic (exact) mass is 438 g/mol. The minimum atomic E-state index is -2.17. The lowest BCUT2D eigenvalue weighted by molar-refractivity contribution is 0.118. The quantitative estimate of drug-likeness (QED) is 0.0679. The van der Waals surface area contributed by atoms with E-state index in [0.717, 1.165) is 58.0 Å². The van der Waals surface area contributed by atoms with E-state index in [1.165, 1.54) is 0 Å². The molecular formula is C21H27F5O2S. The number of hydrogen-bond donors (Lipinski definition) is 1. The van der Waals surface area contributed by atoms with Crippen molar-refractivity contribution in [3.8, 4) is 11.8 Å². The van der Waals surface area contributed by atoms with Gasteiger partial charge in [-0.2, -0.15) is 0 Å². The van der Waals surface area contributed by atoms with Crippen LogP contribution in [0, 0.1) is 40.9 Å². The summed E-state index contributed by atoms with van der Waals surface area (Å²) in [5.41, 5.74) is -1.07. The molecule has 29 heavy (non-hydrogen) atoms. The maximum absolute atomic E-state index is 13.5. The van der Waals surface area contributed by atoms with Crippen LogP contribution in [0.25, 0.3) is 0 Å². The van der Waals surface area contributed by atoms with Crippen molar-refractivity contribution >= 4 is 12.9 Å². The van der Waals surface area contributed by atoms with Crippen LogP contribution >= 0.6 is 12.9 Å². The van der Waals surface area contributed by atoms with Crippen molar-refractivity contribution in [1.29, 1.82) is 0 Å². The van der Waals surface area contributed by atoms with E-state index < -0.39 is 34.6 Å². The summed E-state index contributed by atoms with van der Waals surface area (Å²) < 4.78 is 76.1. The number of benzene rings is 1. The van der Waals surface area contributed by atoms with E-state index >= 15 is 0 Å². The third-order valence-corrected chi connectivity index (χ3v) is 4.47. The Hall–Kier alpha value is -1.30. The van der Waals surface area contributed by atoms with E-state index in [1.54, 1.807) is 0 Å². The van der Waals surface area contributed by atoms with Crippen LogP contribution in [0.2, 0.25) is 0 Å². The molecule has 0 aliphatic rings. The first-order valence-corrected chi connectivity index (χ1v) is 10.2. The molecule has 0 bridgehead atoms. The average molecular weight is 439 g/mol. The van der Waals surface area contributed by atoms with Crippen molar-refractivity contribution in [2.45, 2.75) is 64.2 Å². The molecule has 0 spiro atoms. The Morgan fingerprint density at radius 1 is 0.586 bits per heavy atom. The first-order valence-electron chi connectivity index (χ1n) is 9.85. The Bertz CT molecular complexity index is 644. The molecule has 8 heteroatoms. The molecule has 0 heterocycles. The standard InChI is InChI=1S/C21H27F5O2S/c22-17-16(18(23)20(25)21(26)19(17)24)12-9-7-5-3-1-2-4-6-8-10-13-27-14-11-15-28-29/h29H,1-8,10-11,13-15H2.